The molecule has 0 aliphatic carbocycles. The summed E-state index contributed by atoms with van der Waals surface area (Å²) in [4.78, 5) is 5.89. The van der Waals surface area contributed by atoms with Crippen LogP contribution in [0.15, 0.2) is 4.99 Å². The number of nitrogens with zero attached hydrogens (tertiary/aromatic N) is 2. The van der Waals surface area contributed by atoms with Crippen LogP contribution in [0.25, 0.3) is 0 Å². The van der Waals surface area contributed by atoms with Gasteiger partial charge in [-0.05, 0) is 45.2 Å². The van der Waals surface area contributed by atoms with Crippen molar-refractivity contribution in [3.05, 3.63) is 0 Å². The second-order valence-corrected chi connectivity index (χ2v) is 5.53. The Kier molecular flexibility index (Phi) is 8.55. The second kappa shape index (κ2) is 9.89. The molecule has 0 saturated carbocycles. The zero-order valence-corrected chi connectivity index (χ0v) is 13.1. The highest BCUT2D eigenvalue weighted by atomic mass is 19.4. The van der Waals surface area contributed by atoms with Crippen LogP contribution >= 0.6 is 0 Å². The van der Waals surface area contributed by atoms with Crippen LogP contribution in [0.1, 0.15) is 26.2 Å². The van der Waals surface area contributed by atoms with E-state index in [1.807, 2.05) is 6.92 Å². The van der Waals surface area contributed by atoms with E-state index in [2.05, 4.69) is 15.6 Å². The quantitative estimate of drug-likeness (QED) is 0.486. The first-order valence-electron chi connectivity index (χ1n) is 7.86. The number of rotatable bonds is 7. The number of hydrogen-bond acceptors (Lipinski definition) is 3. The first-order valence-corrected chi connectivity index (χ1v) is 7.86. The number of hydrogen-bond donors (Lipinski definition) is 3. The Morgan fingerprint density at radius 3 is 2.50 bits per heavy atom. The molecule has 0 bridgehead atoms. The van der Waals surface area contributed by atoms with E-state index in [9.17, 15) is 13.2 Å². The molecule has 1 rings (SSSR count). The van der Waals surface area contributed by atoms with Gasteiger partial charge in [0.2, 0.25) is 0 Å². The normalized spacial score (nSPS) is 18.5. The Hall–Kier alpha value is -1.02. The van der Waals surface area contributed by atoms with E-state index >= 15 is 0 Å². The predicted octanol–water partition coefficient (Wildman–Crippen LogP) is 1.20. The van der Waals surface area contributed by atoms with Crippen LogP contribution < -0.4 is 10.6 Å². The SMILES string of the molecule is CCNC(=NCCC1CCN(CC(F)(F)F)CC1)NCCO. The molecule has 0 spiro atoms. The van der Waals surface area contributed by atoms with E-state index in [0.29, 0.717) is 38.1 Å². The van der Waals surface area contributed by atoms with Crippen LogP contribution in [-0.2, 0) is 0 Å². The van der Waals surface area contributed by atoms with Crippen LogP contribution in [0.4, 0.5) is 13.2 Å². The van der Waals surface area contributed by atoms with Crippen molar-refractivity contribution >= 4 is 5.96 Å². The molecule has 0 unspecified atom stereocenters. The van der Waals surface area contributed by atoms with E-state index in [0.717, 1.165) is 25.8 Å². The van der Waals surface area contributed by atoms with Crippen molar-refractivity contribution in [2.24, 2.45) is 10.9 Å². The summed E-state index contributed by atoms with van der Waals surface area (Å²) in [6, 6.07) is 0. The number of likely N-dealkylation sites (tertiary alicyclic amines) is 1. The van der Waals surface area contributed by atoms with Gasteiger partial charge >= 0.3 is 6.18 Å². The predicted molar refractivity (Wildman–Crippen MR) is 80.9 cm³/mol. The molecule has 22 heavy (non-hydrogen) atoms. The van der Waals surface area contributed by atoms with Gasteiger partial charge in [0, 0.05) is 19.6 Å². The molecule has 1 aliphatic rings. The minimum Gasteiger partial charge on any atom is -0.395 e. The van der Waals surface area contributed by atoms with Gasteiger partial charge in [-0.25, -0.2) is 0 Å². The lowest BCUT2D eigenvalue weighted by Crippen LogP contribution is -2.40. The van der Waals surface area contributed by atoms with Crippen LogP contribution in [-0.4, -0.2) is 68.0 Å². The summed E-state index contributed by atoms with van der Waals surface area (Å²) in [5.74, 6) is 1.11. The number of piperidine rings is 1. The lowest BCUT2D eigenvalue weighted by Gasteiger charge is -2.32. The molecule has 130 valence electrons. The summed E-state index contributed by atoms with van der Waals surface area (Å²) in [7, 11) is 0. The number of aliphatic hydroxyl groups is 1. The summed E-state index contributed by atoms with van der Waals surface area (Å²) in [5.41, 5.74) is 0. The molecule has 8 heteroatoms. The van der Waals surface area contributed by atoms with Gasteiger partial charge in [0.1, 0.15) is 0 Å². The summed E-state index contributed by atoms with van der Waals surface area (Å²) in [6.07, 6.45) is -1.62. The van der Waals surface area contributed by atoms with Gasteiger partial charge in [0.05, 0.1) is 13.2 Å². The van der Waals surface area contributed by atoms with Gasteiger partial charge in [0.15, 0.2) is 5.96 Å². The van der Waals surface area contributed by atoms with Crippen molar-refractivity contribution in [1.82, 2.24) is 15.5 Å². The zero-order chi connectivity index (χ0) is 16.4. The number of alkyl halides is 3. The fourth-order valence-corrected chi connectivity index (χ4v) is 2.56. The average Bonchev–Trinajstić information content (AvgIpc) is 2.45. The van der Waals surface area contributed by atoms with E-state index in [-0.39, 0.29) is 6.61 Å². The fraction of sp³-hybridized carbons (Fsp3) is 0.929. The van der Waals surface area contributed by atoms with Crippen LogP contribution in [0.3, 0.4) is 0 Å². The van der Waals surface area contributed by atoms with Crippen LogP contribution in [0.2, 0.25) is 0 Å². The molecule has 0 atom stereocenters. The van der Waals surface area contributed by atoms with Crippen LogP contribution in [0.5, 0.6) is 0 Å². The molecule has 5 nitrogen and oxygen atoms in total. The number of aliphatic hydroxyl groups excluding tert-OH is 1. The standard InChI is InChI=1S/C14H27F3N4O/c1-2-18-13(20-7-10-22)19-6-3-12-4-8-21(9-5-12)11-14(15,16)17/h12,22H,2-11H2,1H3,(H2,18,19,20). The molecule has 1 heterocycles. The van der Waals surface area contributed by atoms with Crippen molar-refractivity contribution in [1.29, 1.82) is 0 Å². The summed E-state index contributed by atoms with van der Waals surface area (Å²) >= 11 is 0. The van der Waals surface area contributed by atoms with Gasteiger partial charge in [-0.3, -0.25) is 9.89 Å². The molecule has 0 amide bonds. The highest BCUT2D eigenvalue weighted by Gasteiger charge is 2.32. The molecule has 0 radical (unpaired) electrons. The average molecular weight is 324 g/mol. The highest BCUT2D eigenvalue weighted by molar-refractivity contribution is 5.79. The number of aliphatic imine (C=N–C) groups is 1. The topological polar surface area (TPSA) is 59.9 Å². The minimum absolute atomic E-state index is 0.0437. The molecule has 1 aliphatic heterocycles. The van der Waals surface area contributed by atoms with Crippen LogP contribution in [0, 0.1) is 5.92 Å². The van der Waals surface area contributed by atoms with E-state index in [4.69, 9.17) is 5.11 Å². The number of guanidine groups is 1. The largest absolute Gasteiger partial charge is 0.401 e. The third-order valence-corrected chi connectivity index (χ3v) is 3.67. The van der Waals surface area contributed by atoms with Gasteiger partial charge in [-0.15, -0.1) is 0 Å². The first-order chi connectivity index (χ1) is 10.4. The smallest absolute Gasteiger partial charge is 0.395 e. The maximum Gasteiger partial charge on any atom is 0.401 e. The van der Waals surface area contributed by atoms with Crippen molar-refractivity contribution in [2.75, 3.05) is 45.9 Å². The molecule has 0 aromatic carbocycles. The third-order valence-electron chi connectivity index (χ3n) is 3.67. The Morgan fingerprint density at radius 1 is 1.27 bits per heavy atom. The maximum absolute atomic E-state index is 12.3. The Bertz CT molecular complexity index is 329. The second-order valence-electron chi connectivity index (χ2n) is 5.53. The summed E-state index contributed by atoms with van der Waals surface area (Å²) < 4.78 is 36.9. The monoisotopic (exact) mass is 324 g/mol. The molecule has 0 aromatic heterocycles. The van der Waals surface area contributed by atoms with E-state index in [1.54, 1.807) is 0 Å². The first kappa shape index (κ1) is 19.0. The van der Waals surface area contributed by atoms with Gasteiger partial charge < -0.3 is 15.7 Å². The maximum atomic E-state index is 12.3. The van der Waals surface area contributed by atoms with Crippen molar-refractivity contribution in [3.63, 3.8) is 0 Å². The highest BCUT2D eigenvalue weighted by Crippen LogP contribution is 2.24. The van der Waals surface area contributed by atoms with E-state index in [1.165, 1.54) is 4.90 Å². The zero-order valence-electron chi connectivity index (χ0n) is 13.1. The fourth-order valence-electron chi connectivity index (χ4n) is 2.56. The minimum atomic E-state index is -4.10. The lowest BCUT2D eigenvalue weighted by atomic mass is 9.93. The number of halogens is 3. The molecule has 0 aromatic rings. The van der Waals surface area contributed by atoms with Crippen molar-refractivity contribution < 1.29 is 18.3 Å². The Labute approximate surface area is 130 Å². The lowest BCUT2D eigenvalue weighted by molar-refractivity contribution is -0.148. The molecular weight excluding hydrogens is 297 g/mol. The Morgan fingerprint density at radius 2 is 1.95 bits per heavy atom. The molecule has 1 saturated heterocycles. The molecule has 3 N–H and O–H groups in total. The van der Waals surface area contributed by atoms with Gasteiger partial charge in [-0.1, -0.05) is 0 Å². The summed E-state index contributed by atoms with van der Waals surface area (Å²) in [5, 5.41) is 14.9. The Balaban J connectivity index is 2.25. The van der Waals surface area contributed by atoms with Crippen molar-refractivity contribution in [2.45, 2.75) is 32.4 Å². The third kappa shape index (κ3) is 8.43. The number of nitrogens with one attached hydrogen (secondary N) is 2. The van der Waals surface area contributed by atoms with Gasteiger partial charge in [0.25, 0.3) is 0 Å². The van der Waals surface area contributed by atoms with Crippen molar-refractivity contribution in [3.8, 4) is 0 Å². The van der Waals surface area contributed by atoms with E-state index < -0.39 is 12.7 Å². The summed E-state index contributed by atoms with van der Waals surface area (Å²) in [6.45, 7) is 4.06. The molecular formula is C14H27F3N4O. The molecule has 1 fully saturated rings. The van der Waals surface area contributed by atoms with Gasteiger partial charge in [-0.2, -0.15) is 13.2 Å².